The van der Waals surface area contributed by atoms with Crippen LogP contribution in [0, 0.1) is 0 Å². The lowest BCUT2D eigenvalue weighted by Crippen LogP contribution is -2.28. The van der Waals surface area contributed by atoms with Crippen LogP contribution in [0.25, 0.3) is 11.4 Å². The summed E-state index contributed by atoms with van der Waals surface area (Å²) in [5, 5.41) is 6.10. The van der Waals surface area contributed by atoms with Crippen molar-refractivity contribution in [2.45, 2.75) is 26.2 Å². The molecule has 2 rings (SSSR count). The van der Waals surface area contributed by atoms with Gasteiger partial charge in [0.25, 0.3) is 5.91 Å². The van der Waals surface area contributed by atoms with Gasteiger partial charge in [-0.15, -0.1) is 0 Å². The minimum Gasteiger partial charge on any atom is -0.383 e. The van der Waals surface area contributed by atoms with Gasteiger partial charge in [-0.25, -0.2) is 9.97 Å². The molecule has 0 atom stereocenters. The van der Waals surface area contributed by atoms with E-state index < -0.39 is 0 Å². The lowest BCUT2D eigenvalue weighted by molar-refractivity contribution is 0.0932. The fourth-order valence-corrected chi connectivity index (χ4v) is 2.32. The van der Waals surface area contributed by atoms with E-state index in [1.54, 1.807) is 13.2 Å². The molecule has 0 spiro atoms. The number of benzene rings is 1. The van der Waals surface area contributed by atoms with Crippen LogP contribution in [0.4, 0.5) is 5.82 Å². The van der Waals surface area contributed by atoms with Gasteiger partial charge in [-0.1, -0.05) is 50.1 Å². The third-order valence-electron chi connectivity index (χ3n) is 3.67. The van der Waals surface area contributed by atoms with Crippen molar-refractivity contribution in [1.29, 1.82) is 0 Å². The van der Waals surface area contributed by atoms with Gasteiger partial charge in [0.1, 0.15) is 11.5 Å². The minimum absolute atomic E-state index is 0.228. The maximum absolute atomic E-state index is 12.3. The van der Waals surface area contributed by atoms with Gasteiger partial charge in [0.05, 0.1) is 6.61 Å². The molecule has 134 valence electrons. The summed E-state index contributed by atoms with van der Waals surface area (Å²) in [6.45, 7) is 3.90. The number of rotatable bonds is 10. The summed E-state index contributed by atoms with van der Waals surface area (Å²) in [6.07, 6.45) is 3.39. The molecule has 1 aromatic carbocycles. The highest BCUT2D eigenvalue weighted by Crippen LogP contribution is 2.18. The highest BCUT2D eigenvalue weighted by molar-refractivity contribution is 5.93. The summed E-state index contributed by atoms with van der Waals surface area (Å²) >= 11 is 0. The highest BCUT2D eigenvalue weighted by Gasteiger charge is 2.12. The predicted molar refractivity (Wildman–Crippen MR) is 99.7 cm³/mol. The monoisotopic (exact) mass is 342 g/mol. The van der Waals surface area contributed by atoms with Gasteiger partial charge in [-0.3, -0.25) is 4.79 Å². The molecule has 0 radical (unpaired) electrons. The Balaban J connectivity index is 2.20. The third kappa shape index (κ3) is 6.15. The van der Waals surface area contributed by atoms with Crippen LogP contribution < -0.4 is 10.6 Å². The van der Waals surface area contributed by atoms with E-state index in [2.05, 4.69) is 27.5 Å². The normalized spacial score (nSPS) is 10.5. The average Bonchev–Trinajstić information content (AvgIpc) is 2.66. The number of carbonyl (C=O) groups excluding carboxylic acids is 1. The third-order valence-corrected chi connectivity index (χ3v) is 3.67. The summed E-state index contributed by atoms with van der Waals surface area (Å²) in [6, 6.07) is 11.4. The fourth-order valence-electron chi connectivity index (χ4n) is 2.32. The van der Waals surface area contributed by atoms with E-state index in [9.17, 15) is 4.79 Å². The van der Waals surface area contributed by atoms with Gasteiger partial charge in [0.2, 0.25) is 0 Å². The Morgan fingerprint density at radius 3 is 2.64 bits per heavy atom. The second kappa shape index (κ2) is 10.4. The number of methoxy groups -OCH3 is 1. The van der Waals surface area contributed by atoms with Crippen LogP contribution >= 0.6 is 0 Å². The van der Waals surface area contributed by atoms with Crippen LogP contribution in [0.3, 0.4) is 0 Å². The summed E-state index contributed by atoms with van der Waals surface area (Å²) in [5.74, 6) is 0.980. The van der Waals surface area contributed by atoms with Gasteiger partial charge in [0.15, 0.2) is 5.82 Å². The largest absolute Gasteiger partial charge is 0.383 e. The second-order valence-electron chi connectivity index (χ2n) is 5.71. The molecule has 0 aliphatic rings. The van der Waals surface area contributed by atoms with Crippen molar-refractivity contribution in [1.82, 2.24) is 15.3 Å². The molecule has 1 heterocycles. The number of nitrogens with one attached hydrogen (secondary N) is 2. The van der Waals surface area contributed by atoms with Crippen molar-refractivity contribution >= 4 is 11.7 Å². The van der Waals surface area contributed by atoms with Crippen LogP contribution in [-0.4, -0.2) is 42.7 Å². The molecule has 1 amide bonds. The Hall–Kier alpha value is -2.47. The maximum atomic E-state index is 12.3. The maximum Gasteiger partial charge on any atom is 0.270 e. The van der Waals surface area contributed by atoms with Crippen molar-refractivity contribution in [2.75, 3.05) is 32.1 Å². The van der Waals surface area contributed by atoms with E-state index in [0.717, 1.165) is 31.4 Å². The Morgan fingerprint density at radius 2 is 1.92 bits per heavy atom. The minimum atomic E-state index is -0.228. The Morgan fingerprint density at radius 1 is 1.12 bits per heavy atom. The Kier molecular flexibility index (Phi) is 7.85. The van der Waals surface area contributed by atoms with Crippen LogP contribution in [0.1, 0.15) is 36.7 Å². The number of carbonyl (C=O) groups is 1. The first-order chi connectivity index (χ1) is 12.2. The number of nitrogens with zero attached hydrogens (tertiary/aromatic N) is 2. The first-order valence-electron chi connectivity index (χ1n) is 8.70. The molecular formula is C19H26N4O2. The molecule has 6 heteroatoms. The SMILES string of the molecule is CCCCCNc1cc(C(=O)NCCOC)nc(-c2ccccc2)n1. The molecule has 0 bridgehead atoms. The molecule has 0 fully saturated rings. The van der Waals surface area contributed by atoms with Crippen molar-refractivity contribution in [3.05, 3.63) is 42.1 Å². The summed E-state index contributed by atoms with van der Waals surface area (Å²) in [7, 11) is 1.60. The summed E-state index contributed by atoms with van der Waals surface area (Å²) < 4.78 is 4.96. The highest BCUT2D eigenvalue weighted by atomic mass is 16.5. The van der Waals surface area contributed by atoms with E-state index in [4.69, 9.17) is 4.74 Å². The van der Waals surface area contributed by atoms with Gasteiger partial charge in [-0.2, -0.15) is 0 Å². The lowest BCUT2D eigenvalue weighted by Gasteiger charge is -2.10. The molecule has 0 unspecified atom stereocenters. The second-order valence-corrected chi connectivity index (χ2v) is 5.71. The van der Waals surface area contributed by atoms with Crippen molar-refractivity contribution in [3.63, 3.8) is 0 Å². The van der Waals surface area contributed by atoms with Crippen molar-refractivity contribution < 1.29 is 9.53 Å². The van der Waals surface area contributed by atoms with Gasteiger partial charge in [-0.05, 0) is 6.42 Å². The van der Waals surface area contributed by atoms with Crippen LogP contribution in [0.5, 0.6) is 0 Å². The number of hydrogen-bond donors (Lipinski definition) is 2. The van der Waals surface area contributed by atoms with Gasteiger partial charge < -0.3 is 15.4 Å². The molecule has 0 saturated carbocycles. The van der Waals surface area contributed by atoms with Crippen LogP contribution in [0.15, 0.2) is 36.4 Å². The number of unbranched alkanes of at least 4 members (excludes halogenated alkanes) is 2. The van der Waals surface area contributed by atoms with Crippen LogP contribution in [0.2, 0.25) is 0 Å². The molecule has 2 N–H and O–H groups in total. The molecule has 0 saturated heterocycles. The Bertz CT molecular complexity index is 662. The average molecular weight is 342 g/mol. The molecule has 0 aliphatic heterocycles. The molecule has 25 heavy (non-hydrogen) atoms. The van der Waals surface area contributed by atoms with Gasteiger partial charge in [0, 0.05) is 31.8 Å². The standard InChI is InChI=1S/C19H26N4O2/c1-3-4-8-11-20-17-14-16(19(24)21-12-13-25-2)22-18(23-17)15-9-6-5-7-10-15/h5-7,9-10,14H,3-4,8,11-13H2,1-2H3,(H,21,24)(H,20,22,23). The zero-order chi connectivity index (χ0) is 17.9. The number of anilines is 1. The molecule has 2 aromatic rings. The molecular weight excluding hydrogens is 316 g/mol. The van der Waals surface area contributed by atoms with Crippen molar-refractivity contribution in [3.8, 4) is 11.4 Å². The van der Waals surface area contributed by atoms with Crippen LogP contribution in [-0.2, 0) is 4.74 Å². The first kappa shape index (κ1) is 18.9. The number of hydrogen-bond acceptors (Lipinski definition) is 5. The van der Waals surface area contributed by atoms with Gasteiger partial charge >= 0.3 is 0 Å². The molecule has 0 aliphatic carbocycles. The van der Waals surface area contributed by atoms with E-state index in [1.807, 2.05) is 30.3 Å². The quantitative estimate of drug-likeness (QED) is 0.649. The summed E-state index contributed by atoms with van der Waals surface area (Å²) in [5.41, 5.74) is 1.23. The van der Waals surface area contributed by atoms with Crippen molar-refractivity contribution in [2.24, 2.45) is 0 Å². The number of amides is 1. The molecule has 1 aromatic heterocycles. The predicted octanol–water partition coefficient (Wildman–Crippen LogP) is 3.12. The number of aromatic nitrogens is 2. The smallest absolute Gasteiger partial charge is 0.270 e. The van der Waals surface area contributed by atoms with E-state index in [0.29, 0.717) is 30.5 Å². The Labute approximate surface area is 149 Å². The zero-order valence-corrected chi connectivity index (χ0v) is 14.9. The fraction of sp³-hybridized carbons (Fsp3) is 0.421. The topological polar surface area (TPSA) is 76.1 Å². The lowest BCUT2D eigenvalue weighted by atomic mass is 10.2. The first-order valence-corrected chi connectivity index (χ1v) is 8.70. The number of ether oxygens (including phenoxy) is 1. The zero-order valence-electron chi connectivity index (χ0n) is 14.9. The van der Waals surface area contributed by atoms with E-state index >= 15 is 0 Å². The molecule has 6 nitrogen and oxygen atoms in total. The van der Waals surface area contributed by atoms with E-state index in [-0.39, 0.29) is 5.91 Å². The van der Waals surface area contributed by atoms with E-state index in [1.165, 1.54) is 0 Å². The summed E-state index contributed by atoms with van der Waals surface area (Å²) in [4.78, 5) is 21.3.